The van der Waals surface area contributed by atoms with Gasteiger partial charge in [0.05, 0.1) is 0 Å². The molecule has 0 aromatic heterocycles. The second kappa shape index (κ2) is 6.03. The van der Waals surface area contributed by atoms with E-state index in [4.69, 9.17) is 11.6 Å². The lowest BCUT2D eigenvalue weighted by molar-refractivity contribution is 0.363. The van der Waals surface area contributed by atoms with Gasteiger partial charge in [-0.3, -0.25) is 0 Å². The molecule has 0 spiro atoms. The maximum absolute atomic E-state index is 9.73. The molecule has 106 valence electrons. The summed E-state index contributed by atoms with van der Waals surface area (Å²) < 4.78 is 0. The molecule has 0 fully saturated rings. The predicted octanol–water partition coefficient (Wildman–Crippen LogP) is 3.31. The molecule has 0 aliphatic carbocycles. The Morgan fingerprint density at radius 3 is 2.55 bits per heavy atom. The lowest BCUT2D eigenvalue weighted by atomic mass is 10.1. The zero-order valence-electron chi connectivity index (χ0n) is 11.0. The molecule has 5 heteroatoms. The van der Waals surface area contributed by atoms with Gasteiger partial charge in [-0.25, -0.2) is 0 Å². The first-order valence-electron chi connectivity index (χ1n) is 6.20. The summed E-state index contributed by atoms with van der Waals surface area (Å²) in [6.45, 7) is 2.33. The normalized spacial score (nSPS) is 12.3. The van der Waals surface area contributed by atoms with Crippen LogP contribution in [-0.2, 0) is 6.54 Å². The number of phenolic OH excluding ortho intramolecular Hbond substituents is 3. The first-order chi connectivity index (χ1) is 9.49. The van der Waals surface area contributed by atoms with Crippen LogP contribution < -0.4 is 5.32 Å². The number of phenols is 3. The molecule has 2 aromatic rings. The summed E-state index contributed by atoms with van der Waals surface area (Å²) in [5.41, 5.74) is 1.54. The van der Waals surface area contributed by atoms with E-state index in [1.54, 1.807) is 6.07 Å². The molecule has 0 saturated heterocycles. The average Bonchev–Trinajstić information content (AvgIpc) is 2.44. The number of hydrogen-bond donors (Lipinski definition) is 4. The first-order valence-corrected chi connectivity index (χ1v) is 6.58. The number of aromatic hydroxyl groups is 3. The van der Waals surface area contributed by atoms with Crippen LogP contribution in [0.1, 0.15) is 24.1 Å². The summed E-state index contributed by atoms with van der Waals surface area (Å²) in [7, 11) is 0. The Morgan fingerprint density at radius 1 is 1.10 bits per heavy atom. The molecular formula is C15H16ClNO3. The first kappa shape index (κ1) is 14.5. The number of nitrogens with one attached hydrogen (secondary N) is 1. The number of benzene rings is 2. The van der Waals surface area contributed by atoms with Crippen molar-refractivity contribution in [2.24, 2.45) is 0 Å². The molecule has 0 aliphatic rings. The number of rotatable bonds is 4. The summed E-state index contributed by atoms with van der Waals surface area (Å²) in [6, 6.07) is 10.4. The van der Waals surface area contributed by atoms with E-state index in [0.717, 1.165) is 5.56 Å². The third-order valence-electron chi connectivity index (χ3n) is 3.16. The minimum atomic E-state index is -0.500. The highest BCUT2D eigenvalue weighted by molar-refractivity contribution is 6.30. The van der Waals surface area contributed by atoms with E-state index in [2.05, 4.69) is 5.32 Å². The van der Waals surface area contributed by atoms with E-state index in [1.807, 2.05) is 31.2 Å². The van der Waals surface area contributed by atoms with E-state index in [9.17, 15) is 15.3 Å². The van der Waals surface area contributed by atoms with Gasteiger partial charge < -0.3 is 20.6 Å². The highest BCUT2D eigenvalue weighted by Gasteiger charge is 2.12. The summed E-state index contributed by atoms with van der Waals surface area (Å²) in [5, 5.41) is 32.3. The van der Waals surface area contributed by atoms with Crippen LogP contribution in [-0.4, -0.2) is 15.3 Å². The van der Waals surface area contributed by atoms with Gasteiger partial charge in [0.15, 0.2) is 11.5 Å². The molecule has 4 nitrogen and oxygen atoms in total. The molecule has 0 heterocycles. The van der Waals surface area contributed by atoms with Gasteiger partial charge in [-0.15, -0.1) is 0 Å². The molecule has 0 radical (unpaired) electrons. The molecule has 2 aromatic carbocycles. The van der Waals surface area contributed by atoms with Gasteiger partial charge in [-0.05, 0) is 30.7 Å². The third-order valence-corrected chi connectivity index (χ3v) is 3.40. The fourth-order valence-corrected chi connectivity index (χ4v) is 2.11. The van der Waals surface area contributed by atoms with Gasteiger partial charge in [0.2, 0.25) is 5.75 Å². The van der Waals surface area contributed by atoms with E-state index >= 15 is 0 Å². The Kier molecular flexibility index (Phi) is 4.37. The van der Waals surface area contributed by atoms with Crippen molar-refractivity contribution < 1.29 is 15.3 Å². The van der Waals surface area contributed by atoms with Crippen molar-refractivity contribution >= 4 is 11.6 Å². The zero-order valence-corrected chi connectivity index (χ0v) is 11.7. The highest BCUT2D eigenvalue weighted by atomic mass is 35.5. The van der Waals surface area contributed by atoms with Crippen molar-refractivity contribution in [2.75, 3.05) is 0 Å². The molecule has 0 saturated carbocycles. The Bertz CT molecular complexity index is 616. The molecule has 1 atom stereocenters. The summed E-state index contributed by atoms with van der Waals surface area (Å²) >= 11 is 5.94. The Balaban J connectivity index is 2.07. The number of halogens is 1. The van der Waals surface area contributed by atoms with E-state index < -0.39 is 5.75 Å². The van der Waals surface area contributed by atoms with Crippen molar-refractivity contribution in [2.45, 2.75) is 19.5 Å². The molecule has 0 amide bonds. The number of hydrogen-bond acceptors (Lipinski definition) is 4. The van der Waals surface area contributed by atoms with Gasteiger partial charge in [-0.1, -0.05) is 29.8 Å². The molecular weight excluding hydrogens is 278 g/mol. The fraction of sp³-hybridized carbons (Fsp3) is 0.200. The van der Waals surface area contributed by atoms with Crippen LogP contribution in [0.15, 0.2) is 36.4 Å². The summed E-state index contributed by atoms with van der Waals surface area (Å²) in [4.78, 5) is 0. The van der Waals surface area contributed by atoms with Crippen molar-refractivity contribution in [1.29, 1.82) is 0 Å². The predicted molar refractivity (Wildman–Crippen MR) is 78.1 cm³/mol. The van der Waals surface area contributed by atoms with Gasteiger partial charge in [0, 0.05) is 23.2 Å². The smallest absolute Gasteiger partial charge is 0.200 e. The Labute approximate surface area is 122 Å². The van der Waals surface area contributed by atoms with Crippen LogP contribution in [0, 0.1) is 0 Å². The molecule has 2 rings (SSSR count). The lowest BCUT2D eigenvalue weighted by Crippen LogP contribution is -2.18. The molecule has 4 N–H and O–H groups in total. The third kappa shape index (κ3) is 3.15. The van der Waals surface area contributed by atoms with Crippen molar-refractivity contribution in [3.8, 4) is 17.2 Å². The zero-order chi connectivity index (χ0) is 14.7. The van der Waals surface area contributed by atoms with Crippen LogP contribution in [0.2, 0.25) is 5.02 Å². The van der Waals surface area contributed by atoms with Crippen LogP contribution in [0.3, 0.4) is 0 Å². The van der Waals surface area contributed by atoms with Gasteiger partial charge >= 0.3 is 0 Å². The Hall–Kier alpha value is -1.91. The van der Waals surface area contributed by atoms with Crippen LogP contribution in [0.25, 0.3) is 0 Å². The van der Waals surface area contributed by atoms with Gasteiger partial charge in [0.25, 0.3) is 0 Å². The topological polar surface area (TPSA) is 72.7 Å². The maximum atomic E-state index is 9.73. The second-order valence-electron chi connectivity index (χ2n) is 4.60. The van der Waals surface area contributed by atoms with Crippen LogP contribution in [0.4, 0.5) is 0 Å². The summed E-state index contributed by atoms with van der Waals surface area (Å²) in [6.07, 6.45) is 0. The molecule has 0 aliphatic heterocycles. The quantitative estimate of drug-likeness (QED) is 0.653. The second-order valence-corrected chi connectivity index (χ2v) is 5.04. The highest BCUT2D eigenvalue weighted by Crippen LogP contribution is 2.37. The SMILES string of the molecule is C[C@@H](NCc1ccc(O)c(O)c1O)c1cccc(Cl)c1. The van der Waals surface area contributed by atoms with Crippen molar-refractivity contribution in [3.63, 3.8) is 0 Å². The summed E-state index contributed by atoms with van der Waals surface area (Å²) in [5.74, 6) is -1.15. The van der Waals surface area contributed by atoms with E-state index in [1.165, 1.54) is 6.07 Å². The van der Waals surface area contributed by atoms with Crippen LogP contribution in [0.5, 0.6) is 17.2 Å². The van der Waals surface area contributed by atoms with Crippen molar-refractivity contribution in [3.05, 3.63) is 52.5 Å². The van der Waals surface area contributed by atoms with Crippen LogP contribution >= 0.6 is 11.6 Å². The van der Waals surface area contributed by atoms with Crippen molar-refractivity contribution in [1.82, 2.24) is 5.32 Å². The van der Waals surface area contributed by atoms with Gasteiger partial charge in [0.1, 0.15) is 0 Å². The monoisotopic (exact) mass is 293 g/mol. The van der Waals surface area contributed by atoms with Gasteiger partial charge in [-0.2, -0.15) is 0 Å². The lowest BCUT2D eigenvalue weighted by Gasteiger charge is -2.15. The van der Waals surface area contributed by atoms with E-state index in [-0.39, 0.29) is 17.5 Å². The van der Waals surface area contributed by atoms with E-state index in [0.29, 0.717) is 17.1 Å². The molecule has 0 bridgehead atoms. The fourth-order valence-electron chi connectivity index (χ4n) is 1.91. The standard InChI is InChI=1S/C15H16ClNO3/c1-9(10-3-2-4-12(16)7-10)17-8-11-5-6-13(18)15(20)14(11)19/h2-7,9,17-20H,8H2,1H3/t9-/m1/s1. The largest absolute Gasteiger partial charge is 0.504 e. The molecule has 20 heavy (non-hydrogen) atoms. The minimum Gasteiger partial charge on any atom is -0.504 e. The minimum absolute atomic E-state index is 0.0315. The maximum Gasteiger partial charge on any atom is 0.200 e. The Morgan fingerprint density at radius 2 is 1.85 bits per heavy atom. The average molecular weight is 294 g/mol. The molecule has 0 unspecified atom stereocenters.